The molecule has 0 radical (unpaired) electrons. The number of nitrogens with one attached hydrogen (secondary N) is 1. The maximum absolute atomic E-state index is 3.65. The molecule has 0 aliphatic heterocycles. The molecule has 0 bridgehead atoms. The van der Waals surface area contributed by atoms with Gasteiger partial charge in [-0.2, -0.15) is 0 Å². The number of hydrogen-bond donors (Lipinski definition) is 1. The Hall–Kier alpha value is -0.860. The fourth-order valence-electron chi connectivity index (χ4n) is 2.71. The maximum Gasteiger partial charge on any atom is 0.0375 e. The number of halogens is 1. The Morgan fingerprint density at radius 3 is 2.32 bits per heavy atom. The Labute approximate surface area is 124 Å². The van der Waals surface area contributed by atoms with Crippen LogP contribution in [-0.2, 0) is 0 Å². The minimum absolute atomic E-state index is 0.228. The third kappa shape index (κ3) is 2.70. The molecule has 1 N–H and O–H groups in total. The summed E-state index contributed by atoms with van der Waals surface area (Å²) in [5.74, 6) is 0. The smallest absolute Gasteiger partial charge is 0.0375 e. The zero-order valence-corrected chi connectivity index (χ0v) is 13.7. The average Bonchev–Trinajstić information content (AvgIpc) is 2.42. The lowest BCUT2D eigenvalue weighted by atomic mass is 9.77. The second-order valence-electron chi connectivity index (χ2n) is 5.75. The molecule has 2 aromatic carbocycles. The van der Waals surface area contributed by atoms with Crippen LogP contribution in [0.1, 0.15) is 38.8 Å². The van der Waals surface area contributed by atoms with Gasteiger partial charge in [-0.1, -0.05) is 67.0 Å². The first-order valence-corrected chi connectivity index (χ1v) is 7.65. The van der Waals surface area contributed by atoms with E-state index in [2.05, 4.69) is 85.5 Å². The Morgan fingerprint density at radius 1 is 1.11 bits per heavy atom. The minimum Gasteiger partial charge on any atom is -0.313 e. The van der Waals surface area contributed by atoms with E-state index in [0.717, 1.165) is 10.9 Å². The van der Waals surface area contributed by atoms with Crippen molar-refractivity contribution >= 4 is 26.7 Å². The van der Waals surface area contributed by atoms with E-state index in [0.29, 0.717) is 6.04 Å². The highest BCUT2D eigenvalue weighted by Gasteiger charge is 2.29. The predicted molar refractivity (Wildman–Crippen MR) is 87.5 cm³/mol. The van der Waals surface area contributed by atoms with Crippen molar-refractivity contribution in [2.24, 2.45) is 5.41 Å². The van der Waals surface area contributed by atoms with Crippen molar-refractivity contribution in [3.8, 4) is 0 Å². The lowest BCUT2D eigenvalue weighted by Crippen LogP contribution is -2.31. The summed E-state index contributed by atoms with van der Waals surface area (Å²) < 4.78 is 1.16. The third-order valence-corrected chi connectivity index (χ3v) is 4.89. The molecular weight excluding hydrogens is 298 g/mol. The van der Waals surface area contributed by atoms with Crippen LogP contribution < -0.4 is 5.32 Å². The van der Waals surface area contributed by atoms with Crippen LogP contribution in [0.15, 0.2) is 40.9 Å². The van der Waals surface area contributed by atoms with Crippen LogP contribution in [0.2, 0.25) is 0 Å². The number of hydrogen-bond acceptors (Lipinski definition) is 1. The van der Waals surface area contributed by atoms with Crippen LogP contribution in [0.5, 0.6) is 0 Å². The Kier molecular flexibility index (Phi) is 4.32. The molecule has 102 valence electrons. The van der Waals surface area contributed by atoms with E-state index in [1.165, 1.54) is 16.3 Å². The largest absolute Gasteiger partial charge is 0.313 e. The summed E-state index contributed by atoms with van der Waals surface area (Å²) in [4.78, 5) is 0. The zero-order chi connectivity index (χ0) is 14.0. The SMILES string of the molecule is CCC(C)(C)C(NC)c1ccc(Br)c2ccccc12. The molecule has 0 spiro atoms. The van der Waals surface area contributed by atoms with E-state index < -0.39 is 0 Å². The molecule has 2 heteroatoms. The normalized spacial score (nSPS) is 13.7. The van der Waals surface area contributed by atoms with Gasteiger partial charge in [0.05, 0.1) is 0 Å². The number of benzene rings is 2. The van der Waals surface area contributed by atoms with Gasteiger partial charge in [-0.15, -0.1) is 0 Å². The molecule has 19 heavy (non-hydrogen) atoms. The quantitative estimate of drug-likeness (QED) is 0.806. The summed E-state index contributed by atoms with van der Waals surface area (Å²) in [6.45, 7) is 6.90. The van der Waals surface area contributed by atoms with E-state index in [4.69, 9.17) is 0 Å². The molecular formula is C17H22BrN. The molecule has 0 aromatic heterocycles. The number of rotatable bonds is 4. The summed E-state index contributed by atoms with van der Waals surface area (Å²) in [6, 6.07) is 13.4. The lowest BCUT2D eigenvalue weighted by Gasteiger charge is -2.34. The van der Waals surface area contributed by atoms with Gasteiger partial charge in [0.2, 0.25) is 0 Å². The molecule has 0 aliphatic rings. The van der Waals surface area contributed by atoms with E-state index in [-0.39, 0.29) is 5.41 Å². The molecule has 1 unspecified atom stereocenters. The van der Waals surface area contributed by atoms with Crippen molar-refractivity contribution in [1.82, 2.24) is 5.32 Å². The van der Waals surface area contributed by atoms with E-state index in [1.807, 2.05) is 0 Å². The summed E-state index contributed by atoms with van der Waals surface area (Å²) >= 11 is 3.65. The van der Waals surface area contributed by atoms with Gasteiger partial charge in [-0.25, -0.2) is 0 Å². The summed E-state index contributed by atoms with van der Waals surface area (Å²) in [5, 5.41) is 6.12. The Morgan fingerprint density at radius 2 is 1.74 bits per heavy atom. The van der Waals surface area contributed by atoms with Gasteiger partial charge in [0, 0.05) is 10.5 Å². The fourth-order valence-corrected chi connectivity index (χ4v) is 3.19. The van der Waals surface area contributed by atoms with Crippen LogP contribution in [0.3, 0.4) is 0 Å². The summed E-state index contributed by atoms with van der Waals surface area (Å²) in [5.41, 5.74) is 1.61. The van der Waals surface area contributed by atoms with Crippen LogP contribution in [-0.4, -0.2) is 7.05 Å². The van der Waals surface area contributed by atoms with Crippen LogP contribution >= 0.6 is 15.9 Å². The van der Waals surface area contributed by atoms with Crippen molar-refractivity contribution in [1.29, 1.82) is 0 Å². The van der Waals surface area contributed by atoms with Gasteiger partial charge < -0.3 is 5.32 Å². The van der Waals surface area contributed by atoms with Crippen LogP contribution in [0.4, 0.5) is 0 Å². The zero-order valence-electron chi connectivity index (χ0n) is 12.1. The minimum atomic E-state index is 0.228. The molecule has 1 nitrogen and oxygen atoms in total. The van der Waals surface area contributed by atoms with Gasteiger partial charge in [-0.3, -0.25) is 0 Å². The van der Waals surface area contributed by atoms with Gasteiger partial charge in [0.15, 0.2) is 0 Å². The van der Waals surface area contributed by atoms with Crippen molar-refractivity contribution in [3.05, 3.63) is 46.4 Å². The summed E-state index contributed by atoms with van der Waals surface area (Å²) in [6.07, 6.45) is 1.14. The highest BCUT2D eigenvalue weighted by molar-refractivity contribution is 9.10. The van der Waals surface area contributed by atoms with Crippen LogP contribution in [0, 0.1) is 5.41 Å². The van der Waals surface area contributed by atoms with Crippen LogP contribution in [0.25, 0.3) is 10.8 Å². The van der Waals surface area contributed by atoms with Gasteiger partial charge in [0.1, 0.15) is 0 Å². The van der Waals surface area contributed by atoms with Crippen molar-refractivity contribution in [2.75, 3.05) is 7.05 Å². The molecule has 0 heterocycles. The first kappa shape index (κ1) is 14.5. The van der Waals surface area contributed by atoms with E-state index in [1.54, 1.807) is 0 Å². The molecule has 0 aliphatic carbocycles. The first-order chi connectivity index (χ1) is 9.01. The highest BCUT2D eigenvalue weighted by Crippen LogP contribution is 2.40. The average molecular weight is 320 g/mol. The van der Waals surface area contributed by atoms with Gasteiger partial charge in [0.25, 0.3) is 0 Å². The number of fused-ring (bicyclic) bond motifs is 1. The second-order valence-corrected chi connectivity index (χ2v) is 6.60. The predicted octanol–water partition coefficient (Wildman–Crippen LogP) is 5.30. The van der Waals surface area contributed by atoms with Gasteiger partial charge >= 0.3 is 0 Å². The van der Waals surface area contributed by atoms with Crippen molar-refractivity contribution in [3.63, 3.8) is 0 Å². The molecule has 0 saturated heterocycles. The van der Waals surface area contributed by atoms with E-state index >= 15 is 0 Å². The standard InChI is InChI=1S/C17H22BrN/c1-5-17(2,3)16(19-4)14-10-11-15(18)13-9-7-6-8-12(13)14/h6-11,16,19H,5H2,1-4H3. The lowest BCUT2D eigenvalue weighted by molar-refractivity contribution is 0.247. The molecule has 0 fully saturated rings. The first-order valence-electron chi connectivity index (χ1n) is 6.85. The van der Waals surface area contributed by atoms with Gasteiger partial charge in [-0.05, 0) is 41.3 Å². The fraction of sp³-hybridized carbons (Fsp3) is 0.412. The highest BCUT2D eigenvalue weighted by atomic mass is 79.9. The van der Waals surface area contributed by atoms with Crippen molar-refractivity contribution < 1.29 is 0 Å². The summed E-state index contributed by atoms with van der Waals surface area (Å²) in [7, 11) is 2.05. The second kappa shape index (κ2) is 5.64. The Bertz CT molecular complexity index is 574. The third-order valence-electron chi connectivity index (χ3n) is 4.20. The topological polar surface area (TPSA) is 12.0 Å². The molecule has 0 amide bonds. The van der Waals surface area contributed by atoms with Crippen molar-refractivity contribution in [2.45, 2.75) is 33.2 Å². The molecule has 1 atom stereocenters. The van der Waals surface area contributed by atoms with E-state index in [9.17, 15) is 0 Å². The molecule has 0 saturated carbocycles. The Balaban J connectivity index is 2.65. The maximum atomic E-state index is 3.65. The molecule has 2 aromatic rings. The monoisotopic (exact) mass is 319 g/mol. The molecule has 2 rings (SSSR count).